The summed E-state index contributed by atoms with van der Waals surface area (Å²) in [4.78, 5) is 11.4. The van der Waals surface area contributed by atoms with Crippen LogP contribution in [-0.2, 0) is 16.8 Å². The van der Waals surface area contributed by atoms with Gasteiger partial charge in [0.1, 0.15) is 0 Å². The SMILES string of the molecule is O=c1ccccn1CCCNS(=O)(=O)N1CCCC1. The number of hydrogen-bond donors (Lipinski definition) is 1. The van der Waals surface area contributed by atoms with Gasteiger partial charge < -0.3 is 4.57 Å². The number of nitrogens with zero attached hydrogens (tertiary/aromatic N) is 2. The largest absolute Gasteiger partial charge is 0.315 e. The fraction of sp³-hybridized carbons (Fsp3) is 0.583. The highest BCUT2D eigenvalue weighted by molar-refractivity contribution is 7.87. The molecule has 0 spiro atoms. The maximum Gasteiger partial charge on any atom is 0.279 e. The average molecular weight is 285 g/mol. The molecule has 0 radical (unpaired) electrons. The van der Waals surface area contributed by atoms with Crippen molar-refractivity contribution in [1.29, 1.82) is 0 Å². The molecular weight excluding hydrogens is 266 g/mol. The van der Waals surface area contributed by atoms with Gasteiger partial charge in [0.05, 0.1) is 0 Å². The van der Waals surface area contributed by atoms with Crippen LogP contribution in [0.4, 0.5) is 0 Å². The summed E-state index contributed by atoms with van der Waals surface area (Å²) in [6.45, 7) is 2.07. The number of pyridine rings is 1. The van der Waals surface area contributed by atoms with Gasteiger partial charge in [0.2, 0.25) is 5.56 Å². The molecule has 19 heavy (non-hydrogen) atoms. The van der Waals surface area contributed by atoms with E-state index in [1.165, 1.54) is 10.4 Å². The van der Waals surface area contributed by atoms with Gasteiger partial charge in [0.25, 0.3) is 10.2 Å². The minimum Gasteiger partial charge on any atom is -0.315 e. The van der Waals surface area contributed by atoms with Gasteiger partial charge in [-0.05, 0) is 25.3 Å². The van der Waals surface area contributed by atoms with Crippen molar-refractivity contribution in [2.24, 2.45) is 0 Å². The van der Waals surface area contributed by atoms with E-state index < -0.39 is 10.2 Å². The summed E-state index contributed by atoms with van der Waals surface area (Å²) in [7, 11) is -3.33. The van der Waals surface area contributed by atoms with Crippen LogP contribution in [0.3, 0.4) is 0 Å². The van der Waals surface area contributed by atoms with Gasteiger partial charge in [-0.1, -0.05) is 6.07 Å². The summed E-state index contributed by atoms with van der Waals surface area (Å²) in [5.74, 6) is 0. The molecule has 2 heterocycles. The maximum absolute atomic E-state index is 11.9. The molecule has 1 aromatic heterocycles. The topological polar surface area (TPSA) is 71.4 Å². The van der Waals surface area contributed by atoms with E-state index in [1.54, 1.807) is 22.9 Å². The van der Waals surface area contributed by atoms with Crippen molar-refractivity contribution in [3.05, 3.63) is 34.7 Å². The molecule has 106 valence electrons. The van der Waals surface area contributed by atoms with Crippen molar-refractivity contribution in [3.63, 3.8) is 0 Å². The molecule has 1 fully saturated rings. The van der Waals surface area contributed by atoms with Crippen LogP contribution in [-0.4, -0.2) is 36.9 Å². The first kappa shape index (κ1) is 14.2. The molecule has 1 aliphatic rings. The Hall–Kier alpha value is -1.18. The fourth-order valence-electron chi connectivity index (χ4n) is 2.12. The molecule has 0 aromatic carbocycles. The van der Waals surface area contributed by atoms with E-state index in [2.05, 4.69) is 4.72 Å². The Kier molecular flexibility index (Phi) is 4.73. The standard InChI is InChI=1S/C12H19N3O3S/c16-12-6-1-2-8-14(12)9-5-7-13-19(17,18)15-10-3-4-11-15/h1-2,6,8,13H,3-5,7,9-11H2. The Labute approximate surface area is 113 Å². The van der Waals surface area contributed by atoms with E-state index in [0.717, 1.165) is 12.8 Å². The monoisotopic (exact) mass is 285 g/mol. The second kappa shape index (κ2) is 6.31. The third kappa shape index (κ3) is 3.89. The molecule has 0 saturated carbocycles. The lowest BCUT2D eigenvalue weighted by Gasteiger charge is -2.16. The van der Waals surface area contributed by atoms with Crippen molar-refractivity contribution >= 4 is 10.2 Å². The first-order valence-electron chi connectivity index (χ1n) is 6.50. The second-order valence-corrected chi connectivity index (χ2v) is 6.35. The van der Waals surface area contributed by atoms with E-state index >= 15 is 0 Å². The van der Waals surface area contributed by atoms with Crippen LogP contribution in [0, 0.1) is 0 Å². The smallest absolute Gasteiger partial charge is 0.279 e. The van der Waals surface area contributed by atoms with Crippen molar-refractivity contribution in [2.45, 2.75) is 25.8 Å². The Morgan fingerprint density at radius 1 is 1.21 bits per heavy atom. The molecule has 2 rings (SSSR count). The normalized spacial score (nSPS) is 16.8. The van der Waals surface area contributed by atoms with Crippen LogP contribution < -0.4 is 10.3 Å². The van der Waals surface area contributed by atoms with Gasteiger partial charge in [0.15, 0.2) is 0 Å². The molecular formula is C12H19N3O3S. The summed E-state index contributed by atoms with van der Waals surface area (Å²) in [6, 6.07) is 4.97. The molecule has 0 bridgehead atoms. The van der Waals surface area contributed by atoms with Crippen LogP contribution >= 0.6 is 0 Å². The number of nitrogens with one attached hydrogen (secondary N) is 1. The van der Waals surface area contributed by atoms with Gasteiger partial charge >= 0.3 is 0 Å². The van der Waals surface area contributed by atoms with Gasteiger partial charge in [-0.2, -0.15) is 12.7 Å². The Morgan fingerprint density at radius 3 is 2.63 bits per heavy atom. The lowest BCUT2D eigenvalue weighted by atomic mass is 10.4. The number of aryl methyl sites for hydroxylation is 1. The maximum atomic E-state index is 11.9. The highest BCUT2D eigenvalue weighted by Gasteiger charge is 2.24. The summed E-state index contributed by atoms with van der Waals surface area (Å²) in [5, 5.41) is 0. The zero-order valence-electron chi connectivity index (χ0n) is 10.8. The Bertz CT molecular complexity index is 562. The van der Waals surface area contributed by atoms with Crippen molar-refractivity contribution < 1.29 is 8.42 Å². The summed E-state index contributed by atoms with van der Waals surface area (Å²) < 4.78 is 29.3. The molecule has 1 saturated heterocycles. The van der Waals surface area contributed by atoms with Crippen molar-refractivity contribution in [3.8, 4) is 0 Å². The summed E-state index contributed by atoms with van der Waals surface area (Å²) in [5.41, 5.74) is -0.0649. The van der Waals surface area contributed by atoms with Crippen LogP contribution in [0.25, 0.3) is 0 Å². The van der Waals surface area contributed by atoms with Gasteiger partial charge in [-0.25, -0.2) is 4.72 Å². The van der Waals surface area contributed by atoms with E-state index in [9.17, 15) is 13.2 Å². The second-order valence-electron chi connectivity index (χ2n) is 4.59. The average Bonchev–Trinajstić information content (AvgIpc) is 2.91. The molecule has 0 amide bonds. The van der Waals surface area contributed by atoms with Gasteiger partial charge in [0, 0.05) is 38.4 Å². The molecule has 1 aromatic rings. The third-order valence-electron chi connectivity index (χ3n) is 3.16. The molecule has 6 nitrogen and oxygen atoms in total. The lowest BCUT2D eigenvalue weighted by Crippen LogP contribution is -2.39. The predicted octanol–water partition coefficient (Wildman–Crippen LogP) is 0.169. The van der Waals surface area contributed by atoms with Crippen LogP contribution in [0.1, 0.15) is 19.3 Å². The first-order valence-corrected chi connectivity index (χ1v) is 7.94. The van der Waals surface area contributed by atoms with Crippen LogP contribution in [0.2, 0.25) is 0 Å². The summed E-state index contributed by atoms with van der Waals surface area (Å²) >= 11 is 0. The highest BCUT2D eigenvalue weighted by atomic mass is 32.2. The summed E-state index contributed by atoms with van der Waals surface area (Å²) in [6.07, 6.45) is 4.16. The molecule has 0 aliphatic carbocycles. The molecule has 1 N–H and O–H groups in total. The minimum absolute atomic E-state index is 0.0649. The zero-order valence-corrected chi connectivity index (χ0v) is 11.6. The quantitative estimate of drug-likeness (QED) is 0.757. The van der Waals surface area contributed by atoms with Crippen LogP contribution in [0.15, 0.2) is 29.2 Å². The third-order valence-corrected chi connectivity index (χ3v) is 4.78. The van der Waals surface area contributed by atoms with Crippen molar-refractivity contribution in [1.82, 2.24) is 13.6 Å². The molecule has 0 unspecified atom stereocenters. The fourth-order valence-corrected chi connectivity index (χ4v) is 3.44. The minimum atomic E-state index is -3.33. The van der Waals surface area contributed by atoms with E-state index in [-0.39, 0.29) is 5.56 Å². The predicted molar refractivity (Wildman–Crippen MR) is 73.0 cm³/mol. The number of aromatic nitrogens is 1. The highest BCUT2D eigenvalue weighted by Crippen LogP contribution is 2.10. The van der Waals surface area contributed by atoms with E-state index in [0.29, 0.717) is 32.6 Å². The van der Waals surface area contributed by atoms with E-state index in [4.69, 9.17) is 0 Å². The zero-order chi connectivity index (χ0) is 13.7. The van der Waals surface area contributed by atoms with Gasteiger partial charge in [-0.15, -0.1) is 0 Å². The van der Waals surface area contributed by atoms with Crippen molar-refractivity contribution in [2.75, 3.05) is 19.6 Å². The first-order chi connectivity index (χ1) is 9.09. The number of hydrogen-bond acceptors (Lipinski definition) is 3. The molecule has 7 heteroatoms. The molecule has 0 atom stereocenters. The molecule has 1 aliphatic heterocycles. The Morgan fingerprint density at radius 2 is 1.95 bits per heavy atom. The lowest BCUT2D eigenvalue weighted by molar-refractivity contribution is 0.462. The number of rotatable bonds is 6. The van der Waals surface area contributed by atoms with E-state index in [1.807, 2.05) is 0 Å². The van der Waals surface area contributed by atoms with Crippen LogP contribution in [0.5, 0.6) is 0 Å². The van der Waals surface area contributed by atoms with Gasteiger partial charge in [-0.3, -0.25) is 4.79 Å². The Balaban J connectivity index is 1.78.